The van der Waals surface area contributed by atoms with Gasteiger partial charge in [0.2, 0.25) is 0 Å². The molecule has 26 heavy (non-hydrogen) atoms. The van der Waals surface area contributed by atoms with Gasteiger partial charge in [-0.3, -0.25) is 4.79 Å². The van der Waals surface area contributed by atoms with E-state index < -0.39 is 11.8 Å². The molecule has 0 heterocycles. The van der Waals surface area contributed by atoms with Gasteiger partial charge in [0, 0.05) is 19.4 Å². The second-order valence-electron chi connectivity index (χ2n) is 6.77. The van der Waals surface area contributed by atoms with Gasteiger partial charge in [0.05, 0.1) is 13.2 Å². The fourth-order valence-electron chi connectivity index (χ4n) is 2.81. The van der Waals surface area contributed by atoms with E-state index in [0.29, 0.717) is 17.1 Å². The Kier molecular flexibility index (Phi) is 6.66. The lowest BCUT2D eigenvalue weighted by Gasteiger charge is -2.22. The highest BCUT2D eigenvalue weighted by Crippen LogP contribution is 2.33. The van der Waals surface area contributed by atoms with Gasteiger partial charge >= 0.3 is 5.97 Å². The van der Waals surface area contributed by atoms with Crippen molar-refractivity contribution in [1.29, 1.82) is 0 Å². The van der Waals surface area contributed by atoms with Crippen molar-refractivity contribution in [1.82, 2.24) is 0 Å². The van der Waals surface area contributed by atoms with Gasteiger partial charge in [-0.05, 0) is 56.4 Å². The van der Waals surface area contributed by atoms with Crippen LogP contribution in [0.15, 0.2) is 23.8 Å². The highest BCUT2D eigenvalue weighted by molar-refractivity contribution is 5.93. The third kappa shape index (κ3) is 5.51. The Morgan fingerprint density at radius 1 is 1.19 bits per heavy atom. The van der Waals surface area contributed by atoms with Crippen LogP contribution in [0.1, 0.15) is 52.0 Å². The van der Waals surface area contributed by atoms with Gasteiger partial charge in [0.15, 0.2) is 11.5 Å². The largest absolute Gasteiger partial charge is 0.493 e. The van der Waals surface area contributed by atoms with Crippen molar-refractivity contribution in [3.63, 3.8) is 0 Å². The minimum absolute atomic E-state index is 0.238. The number of esters is 1. The molecule has 0 spiro atoms. The molecule has 0 N–H and O–H groups in total. The third-order valence-electron chi connectivity index (χ3n) is 4.16. The molecular formula is C20H26O6. The molecule has 0 radical (unpaired) electrons. The fourth-order valence-corrected chi connectivity index (χ4v) is 2.81. The SMILES string of the molecule is COc1cc(/C=C(/C)C(=O)OC(C)(C)OC=O)ccc1OC1CCCC1. The molecule has 1 aliphatic carbocycles. The van der Waals surface area contributed by atoms with Crippen LogP contribution in [0.3, 0.4) is 0 Å². The number of hydrogen-bond acceptors (Lipinski definition) is 6. The van der Waals surface area contributed by atoms with E-state index >= 15 is 0 Å². The van der Waals surface area contributed by atoms with Gasteiger partial charge in [0.25, 0.3) is 12.3 Å². The van der Waals surface area contributed by atoms with E-state index in [0.717, 1.165) is 18.4 Å². The summed E-state index contributed by atoms with van der Waals surface area (Å²) >= 11 is 0. The Hall–Kier alpha value is -2.50. The summed E-state index contributed by atoms with van der Waals surface area (Å²) < 4.78 is 21.3. The second-order valence-corrected chi connectivity index (χ2v) is 6.77. The van der Waals surface area contributed by atoms with Crippen LogP contribution in [0.2, 0.25) is 0 Å². The van der Waals surface area contributed by atoms with E-state index in [1.165, 1.54) is 26.7 Å². The maximum absolute atomic E-state index is 12.1. The van der Waals surface area contributed by atoms with Crippen LogP contribution in [-0.2, 0) is 19.1 Å². The van der Waals surface area contributed by atoms with Crippen LogP contribution in [-0.4, -0.2) is 31.4 Å². The zero-order valence-corrected chi connectivity index (χ0v) is 15.7. The smallest absolute Gasteiger partial charge is 0.336 e. The standard InChI is InChI=1S/C20H26O6/c1-14(19(22)26-20(2,3)24-13-21)11-15-9-10-17(18(12-15)23-4)25-16-7-5-6-8-16/h9-13,16H,5-8H2,1-4H3/b14-11-. The maximum atomic E-state index is 12.1. The predicted octanol–water partition coefficient (Wildman–Crippen LogP) is 3.87. The molecule has 0 aliphatic heterocycles. The summed E-state index contributed by atoms with van der Waals surface area (Å²) in [6.45, 7) is 4.87. The zero-order valence-electron chi connectivity index (χ0n) is 15.7. The third-order valence-corrected chi connectivity index (χ3v) is 4.16. The number of carbonyl (C=O) groups is 2. The van der Waals surface area contributed by atoms with E-state index in [1.54, 1.807) is 20.1 Å². The molecule has 0 aromatic heterocycles. The van der Waals surface area contributed by atoms with Crippen molar-refractivity contribution in [2.24, 2.45) is 0 Å². The lowest BCUT2D eigenvalue weighted by Crippen LogP contribution is -2.31. The highest BCUT2D eigenvalue weighted by Gasteiger charge is 2.25. The lowest BCUT2D eigenvalue weighted by molar-refractivity contribution is -0.204. The highest BCUT2D eigenvalue weighted by atomic mass is 16.7. The molecule has 0 unspecified atom stereocenters. The Balaban J connectivity index is 2.10. The first kappa shape index (κ1) is 19.8. The molecule has 0 saturated heterocycles. The summed E-state index contributed by atoms with van der Waals surface area (Å²) in [5.74, 6) is -0.555. The first-order valence-corrected chi connectivity index (χ1v) is 8.72. The summed E-state index contributed by atoms with van der Waals surface area (Å²) in [6, 6.07) is 5.52. The van der Waals surface area contributed by atoms with Gasteiger partial charge in [0.1, 0.15) is 0 Å². The summed E-state index contributed by atoms with van der Waals surface area (Å²) in [6.07, 6.45) is 6.43. The number of rotatable bonds is 8. The molecule has 142 valence electrons. The van der Waals surface area contributed by atoms with E-state index in [1.807, 2.05) is 18.2 Å². The topological polar surface area (TPSA) is 71.1 Å². The summed E-state index contributed by atoms with van der Waals surface area (Å²) in [4.78, 5) is 22.6. The van der Waals surface area contributed by atoms with E-state index in [9.17, 15) is 9.59 Å². The average molecular weight is 362 g/mol. The second kappa shape index (κ2) is 8.74. The molecule has 0 amide bonds. The molecule has 1 saturated carbocycles. The number of benzene rings is 1. The Bertz CT molecular complexity index is 671. The fraction of sp³-hybridized carbons (Fsp3) is 0.500. The lowest BCUT2D eigenvalue weighted by atomic mass is 10.1. The molecule has 6 heteroatoms. The Labute approximate surface area is 154 Å². The van der Waals surface area contributed by atoms with Crippen molar-refractivity contribution in [2.45, 2.75) is 58.3 Å². The summed E-state index contributed by atoms with van der Waals surface area (Å²) in [7, 11) is 1.59. The van der Waals surface area contributed by atoms with Crippen molar-refractivity contribution < 1.29 is 28.5 Å². The summed E-state index contributed by atoms with van der Waals surface area (Å²) in [5, 5.41) is 0. The molecule has 1 aliphatic rings. The first-order chi connectivity index (χ1) is 12.3. The number of hydrogen-bond donors (Lipinski definition) is 0. The minimum Gasteiger partial charge on any atom is -0.493 e. The van der Waals surface area contributed by atoms with E-state index in [2.05, 4.69) is 0 Å². The molecule has 1 aromatic rings. The van der Waals surface area contributed by atoms with Crippen molar-refractivity contribution in [3.05, 3.63) is 29.3 Å². The summed E-state index contributed by atoms with van der Waals surface area (Å²) in [5.41, 5.74) is 1.16. The van der Waals surface area contributed by atoms with Crippen molar-refractivity contribution >= 4 is 18.5 Å². The Morgan fingerprint density at radius 2 is 1.88 bits per heavy atom. The monoisotopic (exact) mass is 362 g/mol. The van der Waals surface area contributed by atoms with E-state index in [-0.39, 0.29) is 12.6 Å². The van der Waals surface area contributed by atoms with Gasteiger partial charge in [-0.25, -0.2) is 4.79 Å². The van der Waals surface area contributed by atoms with Crippen LogP contribution >= 0.6 is 0 Å². The van der Waals surface area contributed by atoms with Crippen LogP contribution < -0.4 is 9.47 Å². The van der Waals surface area contributed by atoms with Crippen molar-refractivity contribution in [2.75, 3.05) is 7.11 Å². The van der Waals surface area contributed by atoms with Crippen LogP contribution in [0, 0.1) is 0 Å². The van der Waals surface area contributed by atoms with Gasteiger partial charge in [-0.15, -0.1) is 0 Å². The first-order valence-electron chi connectivity index (χ1n) is 8.72. The molecule has 0 atom stereocenters. The number of ether oxygens (including phenoxy) is 4. The minimum atomic E-state index is -1.31. The van der Waals surface area contributed by atoms with Gasteiger partial charge < -0.3 is 18.9 Å². The van der Waals surface area contributed by atoms with Crippen molar-refractivity contribution in [3.8, 4) is 11.5 Å². The number of methoxy groups -OCH3 is 1. The molecular weight excluding hydrogens is 336 g/mol. The Morgan fingerprint density at radius 3 is 2.50 bits per heavy atom. The van der Waals surface area contributed by atoms with E-state index in [4.69, 9.17) is 18.9 Å². The molecule has 1 fully saturated rings. The normalized spacial score (nSPS) is 15.5. The van der Waals surface area contributed by atoms with Crippen LogP contribution in [0.25, 0.3) is 6.08 Å². The molecule has 0 bridgehead atoms. The molecule has 2 rings (SSSR count). The van der Waals surface area contributed by atoms with Gasteiger partial charge in [-0.1, -0.05) is 6.07 Å². The molecule has 6 nitrogen and oxygen atoms in total. The van der Waals surface area contributed by atoms with Crippen LogP contribution in [0.4, 0.5) is 0 Å². The quantitative estimate of drug-likeness (QED) is 0.303. The average Bonchev–Trinajstić information content (AvgIpc) is 3.08. The molecule has 1 aromatic carbocycles. The predicted molar refractivity (Wildman–Crippen MR) is 96.8 cm³/mol. The number of carbonyl (C=O) groups excluding carboxylic acids is 2. The van der Waals surface area contributed by atoms with Crippen LogP contribution in [0.5, 0.6) is 11.5 Å². The zero-order chi connectivity index (χ0) is 19.2. The maximum Gasteiger partial charge on any atom is 0.336 e. The van der Waals surface area contributed by atoms with Gasteiger partial charge in [-0.2, -0.15) is 0 Å².